The van der Waals surface area contributed by atoms with E-state index in [1.54, 1.807) is 36.4 Å². The van der Waals surface area contributed by atoms with Crippen LogP contribution in [0, 0.1) is 5.82 Å². The van der Waals surface area contributed by atoms with E-state index in [1.165, 1.54) is 23.5 Å². The Morgan fingerprint density at radius 3 is 2.71 bits per heavy atom. The van der Waals surface area contributed by atoms with Crippen LogP contribution in [0.4, 0.5) is 10.1 Å². The monoisotopic (exact) mass is 338 g/mol. The number of rotatable bonds is 3. The molecule has 0 fully saturated rings. The lowest BCUT2D eigenvalue weighted by Gasteiger charge is -2.02. The van der Waals surface area contributed by atoms with E-state index in [4.69, 9.17) is 4.42 Å². The highest BCUT2D eigenvalue weighted by atomic mass is 32.1. The second-order valence-electron chi connectivity index (χ2n) is 5.14. The highest BCUT2D eigenvalue weighted by molar-refractivity contribution is 7.12. The molecule has 0 aliphatic heterocycles. The lowest BCUT2D eigenvalue weighted by Crippen LogP contribution is -2.09. The van der Waals surface area contributed by atoms with Crippen LogP contribution in [-0.2, 0) is 0 Å². The molecule has 1 amide bonds. The van der Waals surface area contributed by atoms with Crippen LogP contribution in [0.15, 0.2) is 64.4 Å². The van der Waals surface area contributed by atoms with Crippen LogP contribution in [0.2, 0.25) is 0 Å². The maximum Gasteiger partial charge on any atom is 0.265 e. The number of benzene rings is 2. The zero-order valence-electron chi connectivity index (χ0n) is 12.3. The molecule has 0 spiro atoms. The van der Waals surface area contributed by atoms with Crippen molar-refractivity contribution in [1.29, 1.82) is 0 Å². The van der Waals surface area contributed by atoms with Gasteiger partial charge in [0.1, 0.15) is 11.3 Å². The van der Waals surface area contributed by atoms with Crippen molar-refractivity contribution in [3.63, 3.8) is 0 Å². The van der Waals surface area contributed by atoms with Crippen LogP contribution >= 0.6 is 11.3 Å². The van der Waals surface area contributed by atoms with Crippen molar-refractivity contribution in [2.24, 2.45) is 0 Å². The van der Waals surface area contributed by atoms with Crippen LogP contribution in [0.25, 0.3) is 22.6 Å². The molecule has 2 heterocycles. The van der Waals surface area contributed by atoms with Gasteiger partial charge in [0.2, 0.25) is 5.89 Å². The fourth-order valence-electron chi connectivity index (χ4n) is 2.32. The van der Waals surface area contributed by atoms with Crippen molar-refractivity contribution in [3.05, 3.63) is 70.7 Å². The van der Waals surface area contributed by atoms with Crippen LogP contribution in [0.1, 0.15) is 9.67 Å². The molecule has 2 aromatic heterocycles. The third kappa shape index (κ3) is 2.79. The molecule has 118 valence electrons. The van der Waals surface area contributed by atoms with Gasteiger partial charge in [-0.1, -0.05) is 6.07 Å². The molecule has 24 heavy (non-hydrogen) atoms. The first-order chi connectivity index (χ1) is 11.7. The Bertz CT molecular complexity index is 1010. The minimum Gasteiger partial charge on any atom is -0.436 e. The molecule has 0 aliphatic carbocycles. The van der Waals surface area contributed by atoms with Gasteiger partial charge in [-0.3, -0.25) is 4.79 Å². The molecule has 0 atom stereocenters. The maximum atomic E-state index is 13.0. The van der Waals surface area contributed by atoms with Crippen LogP contribution in [0.5, 0.6) is 0 Å². The van der Waals surface area contributed by atoms with Crippen LogP contribution in [-0.4, -0.2) is 10.9 Å². The number of halogens is 1. The van der Waals surface area contributed by atoms with Crippen molar-refractivity contribution >= 4 is 34.0 Å². The molecule has 0 unspecified atom stereocenters. The molecular formula is C18H11FN2O2S. The zero-order chi connectivity index (χ0) is 16.5. The SMILES string of the molecule is O=C(Nc1ccc2oc(-c3ccc(F)cc3)nc2c1)c1cccs1. The number of fused-ring (bicyclic) bond motifs is 1. The molecule has 4 nitrogen and oxygen atoms in total. The van der Waals surface area contributed by atoms with Gasteiger partial charge in [-0.25, -0.2) is 9.37 Å². The molecule has 0 saturated heterocycles. The number of aromatic nitrogens is 1. The Morgan fingerprint density at radius 1 is 1.12 bits per heavy atom. The molecule has 0 bridgehead atoms. The van der Waals surface area contributed by atoms with Gasteiger partial charge in [0, 0.05) is 11.3 Å². The predicted molar refractivity (Wildman–Crippen MR) is 91.7 cm³/mol. The Balaban J connectivity index is 1.63. The second-order valence-corrected chi connectivity index (χ2v) is 6.09. The van der Waals surface area contributed by atoms with Crippen molar-refractivity contribution in [2.45, 2.75) is 0 Å². The molecular weight excluding hydrogens is 327 g/mol. The molecule has 4 aromatic rings. The van der Waals surface area contributed by atoms with E-state index in [-0.39, 0.29) is 11.7 Å². The number of oxazole rings is 1. The highest BCUT2D eigenvalue weighted by Gasteiger charge is 2.11. The summed E-state index contributed by atoms with van der Waals surface area (Å²) in [6, 6.07) is 14.8. The summed E-state index contributed by atoms with van der Waals surface area (Å²) in [5.74, 6) is -0.0632. The Hall–Kier alpha value is -2.99. The molecule has 2 aromatic carbocycles. The minimum atomic E-state index is -0.312. The Kier molecular flexibility index (Phi) is 3.59. The summed E-state index contributed by atoms with van der Waals surface area (Å²) in [4.78, 5) is 17.1. The zero-order valence-corrected chi connectivity index (χ0v) is 13.1. The van der Waals surface area contributed by atoms with Gasteiger partial charge in [-0.2, -0.15) is 0 Å². The van der Waals surface area contributed by atoms with Crippen molar-refractivity contribution in [2.75, 3.05) is 5.32 Å². The van der Waals surface area contributed by atoms with E-state index in [1.807, 2.05) is 11.4 Å². The summed E-state index contributed by atoms with van der Waals surface area (Å²) in [7, 11) is 0. The van der Waals surface area contributed by atoms with E-state index in [0.717, 1.165) is 0 Å². The molecule has 0 aliphatic rings. The largest absolute Gasteiger partial charge is 0.436 e. The first-order valence-corrected chi connectivity index (χ1v) is 8.08. The van der Waals surface area contributed by atoms with E-state index < -0.39 is 0 Å². The number of carbonyl (C=O) groups is 1. The minimum absolute atomic E-state index is 0.161. The summed E-state index contributed by atoms with van der Waals surface area (Å²) in [5, 5.41) is 4.69. The number of anilines is 1. The van der Waals surface area contributed by atoms with E-state index in [0.29, 0.717) is 33.1 Å². The van der Waals surface area contributed by atoms with E-state index >= 15 is 0 Å². The summed E-state index contributed by atoms with van der Waals surface area (Å²) in [5.41, 5.74) is 2.55. The normalized spacial score (nSPS) is 10.9. The summed E-state index contributed by atoms with van der Waals surface area (Å²) < 4.78 is 18.7. The molecule has 1 N–H and O–H groups in total. The van der Waals surface area contributed by atoms with E-state index in [9.17, 15) is 9.18 Å². The fraction of sp³-hybridized carbons (Fsp3) is 0. The third-order valence-electron chi connectivity index (χ3n) is 3.48. The molecule has 6 heteroatoms. The van der Waals surface area contributed by atoms with Gasteiger partial charge in [0.15, 0.2) is 5.58 Å². The number of carbonyl (C=O) groups excluding carboxylic acids is 1. The lowest BCUT2D eigenvalue weighted by molar-refractivity contribution is 0.103. The van der Waals surface area contributed by atoms with Gasteiger partial charge in [-0.05, 0) is 53.9 Å². The number of hydrogen-bond donors (Lipinski definition) is 1. The third-order valence-corrected chi connectivity index (χ3v) is 4.35. The molecule has 0 radical (unpaired) electrons. The quantitative estimate of drug-likeness (QED) is 0.575. The van der Waals surface area contributed by atoms with Crippen molar-refractivity contribution in [1.82, 2.24) is 4.98 Å². The molecule has 4 rings (SSSR count). The lowest BCUT2D eigenvalue weighted by atomic mass is 10.2. The number of thiophene rings is 1. The van der Waals surface area contributed by atoms with Crippen LogP contribution in [0.3, 0.4) is 0 Å². The smallest absolute Gasteiger partial charge is 0.265 e. The summed E-state index contributed by atoms with van der Waals surface area (Å²) >= 11 is 1.38. The van der Waals surface area contributed by atoms with Gasteiger partial charge in [-0.15, -0.1) is 11.3 Å². The highest BCUT2D eigenvalue weighted by Crippen LogP contribution is 2.26. The Morgan fingerprint density at radius 2 is 1.96 bits per heavy atom. The maximum absolute atomic E-state index is 13.0. The van der Waals surface area contributed by atoms with Crippen LogP contribution < -0.4 is 5.32 Å². The van der Waals surface area contributed by atoms with Crippen molar-refractivity contribution in [3.8, 4) is 11.5 Å². The molecule has 0 saturated carbocycles. The van der Waals surface area contributed by atoms with E-state index in [2.05, 4.69) is 10.3 Å². The number of nitrogens with one attached hydrogen (secondary N) is 1. The standard InChI is InChI=1S/C18H11FN2O2S/c19-12-5-3-11(4-6-12)18-21-14-10-13(7-8-15(14)23-18)20-17(22)16-2-1-9-24-16/h1-10H,(H,20,22). The summed E-state index contributed by atoms with van der Waals surface area (Å²) in [6.45, 7) is 0. The number of nitrogens with zero attached hydrogens (tertiary/aromatic N) is 1. The topological polar surface area (TPSA) is 55.1 Å². The van der Waals surface area contributed by atoms with Gasteiger partial charge >= 0.3 is 0 Å². The first kappa shape index (κ1) is 14.6. The first-order valence-electron chi connectivity index (χ1n) is 7.20. The van der Waals surface area contributed by atoms with Gasteiger partial charge in [0.25, 0.3) is 5.91 Å². The number of hydrogen-bond acceptors (Lipinski definition) is 4. The average Bonchev–Trinajstić information content (AvgIpc) is 3.24. The Labute approximate surface area is 140 Å². The van der Waals surface area contributed by atoms with Gasteiger partial charge < -0.3 is 9.73 Å². The average molecular weight is 338 g/mol. The second kappa shape index (κ2) is 5.90. The predicted octanol–water partition coefficient (Wildman–Crippen LogP) is 4.95. The number of amides is 1. The van der Waals surface area contributed by atoms with Crippen molar-refractivity contribution < 1.29 is 13.6 Å². The van der Waals surface area contributed by atoms with Gasteiger partial charge in [0.05, 0.1) is 4.88 Å². The fourth-order valence-corrected chi connectivity index (χ4v) is 2.94. The summed E-state index contributed by atoms with van der Waals surface area (Å²) in [6.07, 6.45) is 0.